The van der Waals surface area contributed by atoms with Crippen molar-refractivity contribution < 1.29 is 0 Å². The van der Waals surface area contributed by atoms with Crippen LogP contribution in [0.1, 0.15) is 18.5 Å². The monoisotopic (exact) mass is 508 g/mol. The van der Waals surface area contributed by atoms with Crippen molar-refractivity contribution in [2.45, 2.75) is 25.8 Å². The summed E-state index contributed by atoms with van der Waals surface area (Å²) in [6.45, 7) is 7.20. The van der Waals surface area contributed by atoms with E-state index in [1.165, 1.54) is 16.3 Å². The predicted octanol–water partition coefficient (Wildman–Crippen LogP) is 3.30. The number of aryl methyl sites for hydroxylation is 1. The third kappa shape index (κ3) is 4.63. The van der Waals surface area contributed by atoms with Gasteiger partial charge in [0.05, 0.1) is 15.9 Å². The Bertz CT molecular complexity index is 1350. The number of nitrogens with one attached hydrogen (secondary N) is 3. The molecule has 3 N–H and O–H groups in total. The second kappa shape index (κ2) is 9.56. The molecule has 35 heavy (non-hydrogen) atoms. The van der Waals surface area contributed by atoms with Gasteiger partial charge in [0.1, 0.15) is 21.4 Å². The van der Waals surface area contributed by atoms with E-state index in [2.05, 4.69) is 35.9 Å². The summed E-state index contributed by atoms with van der Waals surface area (Å²) in [5, 5.41) is 8.91. The Morgan fingerprint density at radius 2 is 1.94 bits per heavy atom. The first-order valence-corrected chi connectivity index (χ1v) is 13.6. The fourth-order valence-electron chi connectivity index (χ4n) is 4.70. The average molecular weight is 509 g/mol. The zero-order valence-electron chi connectivity index (χ0n) is 19.6. The Hall–Kier alpha value is -3.02. The van der Waals surface area contributed by atoms with Crippen LogP contribution in [0.3, 0.4) is 0 Å². The number of rotatable bonds is 5. The van der Waals surface area contributed by atoms with E-state index in [0.29, 0.717) is 22.3 Å². The number of piperazine rings is 1. The number of benzene rings is 1. The molecule has 1 aromatic carbocycles. The molecular weight excluding hydrogens is 480 g/mol. The van der Waals surface area contributed by atoms with Crippen LogP contribution < -0.4 is 26.0 Å². The number of anilines is 3. The van der Waals surface area contributed by atoms with Crippen LogP contribution in [0.15, 0.2) is 35.1 Å². The van der Waals surface area contributed by atoms with E-state index < -0.39 is 0 Å². The van der Waals surface area contributed by atoms with Gasteiger partial charge in [-0.2, -0.15) is 9.36 Å². The number of H-pyrrole nitrogens is 1. The molecule has 0 aliphatic carbocycles. The maximum atomic E-state index is 13.5. The van der Waals surface area contributed by atoms with Crippen molar-refractivity contribution >= 4 is 49.9 Å². The number of piperidine rings is 1. The number of para-hydroxylation sites is 1. The lowest BCUT2D eigenvalue weighted by Gasteiger charge is -2.35. The first kappa shape index (κ1) is 22.4. The summed E-state index contributed by atoms with van der Waals surface area (Å²) in [5.74, 6) is 1.24. The Morgan fingerprint density at radius 1 is 1.11 bits per heavy atom. The zero-order chi connectivity index (χ0) is 23.8. The van der Waals surface area contributed by atoms with Crippen molar-refractivity contribution in [1.29, 1.82) is 0 Å². The van der Waals surface area contributed by atoms with Crippen LogP contribution in [0.5, 0.6) is 0 Å². The van der Waals surface area contributed by atoms with Crippen molar-refractivity contribution in [2.24, 2.45) is 0 Å². The maximum absolute atomic E-state index is 13.5. The molecule has 2 aliphatic rings. The summed E-state index contributed by atoms with van der Waals surface area (Å²) in [6, 6.07) is 10.3. The largest absolute Gasteiger partial charge is 0.365 e. The van der Waals surface area contributed by atoms with Crippen molar-refractivity contribution in [1.82, 2.24) is 24.6 Å². The first-order chi connectivity index (χ1) is 17.1. The molecule has 0 amide bonds. The molecule has 3 aromatic heterocycles. The van der Waals surface area contributed by atoms with Crippen molar-refractivity contribution in [2.75, 3.05) is 54.4 Å². The highest BCUT2D eigenvalue weighted by molar-refractivity contribution is 7.21. The van der Waals surface area contributed by atoms with Gasteiger partial charge in [-0.05, 0) is 56.0 Å². The van der Waals surface area contributed by atoms with Gasteiger partial charge in [0.2, 0.25) is 5.95 Å². The van der Waals surface area contributed by atoms with E-state index in [9.17, 15) is 4.79 Å². The van der Waals surface area contributed by atoms with Gasteiger partial charge in [-0.15, -0.1) is 11.3 Å². The number of nitrogens with zero attached hydrogens (tertiary/aromatic N) is 5. The molecule has 182 valence electrons. The molecule has 9 nitrogen and oxygen atoms in total. The van der Waals surface area contributed by atoms with Gasteiger partial charge in [0, 0.05) is 38.8 Å². The summed E-state index contributed by atoms with van der Waals surface area (Å²) < 4.78 is 5.47. The number of aromatic nitrogens is 4. The van der Waals surface area contributed by atoms with Gasteiger partial charge in [0.25, 0.3) is 5.56 Å². The van der Waals surface area contributed by atoms with Crippen LogP contribution in [-0.2, 0) is 0 Å². The minimum absolute atomic E-state index is 0.152. The number of hydrogen-bond acceptors (Lipinski definition) is 10. The van der Waals surface area contributed by atoms with Gasteiger partial charge in [-0.1, -0.05) is 12.1 Å². The van der Waals surface area contributed by atoms with E-state index in [1.807, 2.05) is 31.2 Å². The van der Waals surface area contributed by atoms with E-state index in [0.717, 1.165) is 68.0 Å². The van der Waals surface area contributed by atoms with E-state index in [1.54, 1.807) is 11.5 Å². The Morgan fingerprint density at radius 3 is 2.69 bits per heavy atom. The molecule has 2 saturated heterocycles. The summed E-state index contributed by atoms with van der Waals surface area (Å²) in [4.78, 5) is 30.8. The second-order valence-corrected chi connectivity index (χ2v) is 10.9. The fraction of sp³-hybridized carbons (Fsp3) is 0.417. The average Bonchev–Trinajstić information content (AvgIpc) is 3.50. The molecule has 0 unspecified atom stereocenters. The van der Waals surface area contributed by atoms with Gasteiger partial charge >= 0.3 is 0 Å². The first-order valence-electron chi connectivity index (χ1n) is 12.0. The third-order valence-electron chi connectivity index (χ3n) is 6.56. The molecule has 0 radical (unpaired) electrons. The van der Waals surface area contributed by atoms with Gasteiger partial charge in [0.15, 0.2) is 0 Å². The lowest BCUT2D eigenvalue weighted by atomic mass is 10.1. The third-order valence-corrected chi connectivity index (χ3v) is 8.56. The van der Waals surface area contributed by atoms with Crippen LogP contribution in [0.4, 0.5) is 16.8 Å². The van der Waals surface area contributed by atoms with Gasteiger partial charge in [-0.25, -0.2) is 4.98 Å². The highest BCUT2D eigenvalue weighted by Crippen LogP contribution is 2.33. The SMILES string of the molecule is Cc1cc(N2CCN(c3nc(N[C@@H]4CCCNC4)c(-c4nc5ccccc5s4)c(=O)[nH]3)CC2)sn1. The Labute approximate surface area is 211 Å². The molecule has 4 aromatic rings. The summed E-state index contributed by atoms with van der Waals surface area (Å²) in [6.07, 6.45) is 2.15. The lowest BCUT2D eigenvalue weighted by Crippen LogP contribution is -2.47. The van der Waals surface area contributed by atoms with Crippen molar-refractivity contribution in [3.05, 3.63) is 46.4 Å². The standard InChI is InChI=1S/C24H28N8OS2/c1-15-13-19(35-30-15)31-9-11-32(12-10-31)24-28-21(26-16-5-4-8-25-14-16)20(22(33)29-24)23-27-17-6-2-3-7-18(17)34-23/h2-3,6-7,13,16,25H,4-5,8-12,14H2,1H3,(H2,26,28,29,33)/t16-/m1/s1. The van der Waals surface area contributed by atoms with Crippen LogP contribution in [-0.4, -0.2) is 64.6 Å². The van der Waals surface area contributed by atoms with E-state index in [4.69, 9.17) is 9.97 Å². The number of hydrogen-bond donors (Lipinski definition) is 3. The molecule has 5 heterocycles. The Kier molecular flexibility index (Phi) is 6.13. The molecule has 0 saturated carbocycles. The predicted molar refractivity (Wildman–Crippen MR) is 144 cm³/mol. The van der Waals surface area contributed by atoms with E-state index >= 15 is 0 Å². The van der Waals surface area contributed by atoms with Crippen LogP contribution in [0.2, 0.25) is 0 Å². The maximum Gasteiger partial charge on any atom is 0.264 e. The van der Waals surface area contributed by atoms with Crippen LogP contribution >= 0.6 is 22.9 Å². The normalized spacial score (nSPS) is 18.8. The quantitative estimate of drug-likeness (QED) is 0.378. The van der Waals surface area contributed by atoms with Crippen LogP contribution in [0, 0.1) is 6.92 Å². The highest BCUT2D eigenvalue weighted by atomic mass is 32.1. The summed E-state index contributed by atoms with van der Waals surface area (Å²) in [7, 11) is 0. The van der Waals surface area contributed by atoms with Crippen molar-refractivity contribution in [3.63, 3.8) is 0 Å². The molecular formula is C24H28N8OS2. The molecule has 6 rings (SSSR count). The van der Waals surface area contributed by atoms with Gasteiger partial charge in [-0.3, -0.25) is 9.78 Å². The molecule has 2 aliphatic heterocycles. The smallest absolute Gasteiger partial charge is 0.264 e. The minimum Gasteiger partial charge on any atom is -0.365 e. The fourth-order valence-corrected chi connectivity index (χ4v) is 6.52. The molecule has 0 spiro atoms. The molecule has 1 atom stereocenters. The minimum atomic E-state index is -0.152. The van der Waals surface area contributed by atoms with Crippen LogP contribution in [0.25, 0.3) is 20.8 Å². The number of thiazole rings is 1. The second-order valence-electron chi connectivity index (χ2n) is 9.07. The highest BCUT2D eigenvalue weighted by Gasteiger charge is 2.25. The van der Waals surface area contributed by atoms with Gasteiger partial charge < -0.3 is 20.4 Å². The molecule has 2 fully saturated rings. The molecule has 0 bridgehead atoms. The van der Waals surface area contributed by atoms with E-state index in [-0.39, 0.29) is 11.6 Å². The Balaban J connectivity index is 1.32. The number of fused-ring (bicyclic) bond motifs is 1. The lowest BCUT2D eigenvalue weighted by molar-refractivity contribution is 0.479. The summed E-state index contributed by atoms with van der Waals surface area (Å²) in [5.41, 5.74) is 2.33. The topological polar surface area (TPSA) is 102 Å². The molecule has 11 heteroatoms. The summed E-state index contributed by atoms with van der Waals surface area (Å²) >= 11 is 3.07. The zero-order valence-corrected chi connectivity index (χ0v) is 21.2. The number of aromatic amines is 1. The van der Waals surface area contributed by atoms with Crippen molar-refractivity contribution in [3.8, 4) is 10.6 Å².